The first-order valence-electron chi connectivity index (χ1n) is 9.23. The fourth-order valence-corrected chi connectivity index (χ4v) is 2.81. The number of likely N-dealkylation sites (N-methyl/N-ethyl adjacent to an activating group) is 1. The van der Waals surface area contributed by atoms with E-state index in [1.165, 1.54) is 7.11 Å². The summed E-state index contributed by atoms with van der Waals surface area (Å²) < 4.78 is 21.0. The topological polar surface area (TPSA) is 74.3 Å². The maximum atomic E-state index is 12.7. The Morgan fingerprint density at radius 2 is 1.66 bits per heavy atom. The highest BCUT2D eigenvalue weighted by Gasteiger charge is 2.16. The smallest absolute Gasteiger partial charge is 0.337 e. The third-order valence-electron chi connectivity index (χ3n) is 4.52. The molecule has 0 saturated carbocycles. The van der Waals surface area contributed by atoms with Gasteiger partial charge in [-0.1, -0.05) is 12.1 Å². The molecular weight excluding hydrogens is 374 g/mol. The van der Waals surface area contributed by atoms with Gasteiger partial charge in [-0.2, -0.15) is 0 Å². The Balaban J connectivity index is 2.06. The summed E-state index contributed by atoms with van der Waals surface area (Å²) in [5.41, 5.74) is 2.12. The van der Waals surface area contributed by atoms with Crippen molar-refractivity contribution in [3.8, 4) is 17.2 Å². The molecule has 0 aromatic heterocycles. The highest BCUT2D eigenvalue weighted by Crippen LogP contribution is 2.28. The van der Waals surface area contributed by atoms with Crippen LogP contribution in [0.2, 0.25) is 0 Å². The van der Waals surface area contributed by atoms with Crippen LogP contribution in [0.3, 0.4) is 0 Å². The van der Waals surface area contributed by atoms with E-state index in [4.69, 9.17) is 18.9 Å². The van der Waals surface area contributed by atoms with Gasteiger partial charge in [-0.15, -0.1) is 0 Å². The third-order valence-corrected chi connectivity index (χ3v) is 4.52. The molecule has 7 heteroatoms. The number of benzene rings is 2. The average molecular weight is 401 g/mol. The zero-order chi connectivity index (χ0) is 21.4. The predicted octanol–water partition coefficient (Wildman–Crippen LogP) is 3.23. The largest absolute Gasteiger partial charge is 0.493 e. The number of carbonyl (C=O) groups excluding carboxylic acids is 2. The molecule has 156 valence electrons. The van der Waals surface area contributed by atoms with Crippen molar-refractivity contribution in [3.05, 3.63) is 53.1 Å². The summed E-state index contributed by atoms with van der Waals surface area (Å²) in [6.45, 7) is 4.56. The molecule has 0 radical (unpaired) electrons. The number of aryl methyl sites for hydroxylation is 1. The lowest BCUT2D eigenvalue weighted by molar-refractivity contribution is -0.133. The number of amides is 1. The molecule has 0 spiro atoms. The van der Waals surface area contributed by atoms with Gasteiger partial charge in [0.2, 0.25) is 0 Å². The predicted molar refractivity (Wildman–Crippen MR) is 109 cm³/mol. The van der Waals surface area contributed by atoms with Gasteiger partial charge in [0.05, 0.1) is 26.9 Å². The van der Waals surface area contributed by atoms with Crippen molar-refractivity contribution in [2.24, 2.45) is 0 Å². The van der Waals surface area contributed by atoms with Gasteiger partial charge in [0.25, 0.3) is 5.91 Å². The van der Waals surface area contributed by atoms with Crippen LogP contribution in [0.1, 0.15) is 28.4 Å². The van der Waals surface area contributed by atoms with E-state index < -0.39 is 5.97 Å². The molecule has 1 amide bonds. The molecule has 0 unspecified atom stereocenters. The summed E-state index contributed by atoms with van der Waals surface area (Å²) >= 11 is 0. The van der Waals surface area contributed by atoms with E-state index in [9.17, 15) is 9.59 Å². The van der Waals surface area contributed by atoms with Crippen molar-refractivity contribution in [1.29, 1.82) is 0 Å². The van der Waals surface area contributed by atoms with Gasteiger partial charge in [0, 0.05) is 13.1 Å². The lowest BCUT2D eigenvalue weighted by Gasteiger charge is -2.22. The van der Waals surface area contributed by atoms with Crippen molar-refractivity contribution < 1.29 is 28.5 Å². The molecule has 0 aliphatic carbocycles. The highest BCUT2D eigenvalue weighted by molar-refractivity contribution is 5.90. The molecule has 0 aliphatic rings. The van der Waals surface area contributed by atoms with Crippen LogP contribution in [0.5, 0.6) is 17.2 Å². The molecule has 0 heterocycles. The van der Waals surface area contributed by atoms with Crippen LogP contribution in [0.15, 0.2) is 36.4 Å². The number of hydrogen-bond donors (Lipinski definition) is 0. The SMILES string of the molecule is CCN(Cc1ccc(OC)c(OC)c1)C(=O)COc1cc(C(=O)OC)ccc1C. The summed E-state index contributed by atoms with van der Waals surface area (Å²) in [7, 11) is 4.47. The number of methoxy groups -OCH3 is 3. The second-order valence-electron chi connectivity index (χ2n) is 6.36. The number of rotatable bonds is 9. The van der Waals surface area contributed by atoms with Crippen LogP contribution in [-0.2, 0) is 16.1 Å². The van der Waals surface area contributed by atoms with Crippen LogP contribution in [0.4, 0.5) is 0 Å². The number of nitrogens with zero attached hydrogens (tertiary/aromatic N) is 1. The fourth-order valence-electron chi connectivity index (χ4n) is 2.81. The quantitative estimate of drug-likeness (QED) is 0.601. The number of hydrogen-bond acceptors (Lipinski definition) is 6. The van der Waals surface area contributed by atoms with Crippen LogP contribution >= 0.6 is 0 Å². The van der Waals surface area contributed by atoms with E-state index in [-0.39, 0.29) is 12.5 Å². The summed E-state index contributed by atoms with van der Waals surface area (Å²) in [4.78, 5) is 26.0. The van der Waals surface area contributed by atoms with Crippen LogP contribution in [-0.4, -0.2) is 51.3 Å². The van der Waals surface area contributed by atoms with Crippen LogP contribution in [0.25, 0.3) is 0 Å². The molecule has 0 saturated heterocycles. The summed E-state index contributed by atoms with van der Waals surface area (Å²) in [6.07, 6.45) is 0. The maximum absolute atomic E-state index is 12.7. The van der Waals surface area contributed by atoms with Crippen molar-refractivity contribution in [3.63, 3.8) is 0 Å². The summed E-state index contributed by atoms with van der Waals surface area (Å²) in [5, 5.41) is 0. The lowest BCUT2D eigenvalue weighted by atomic mass is 10.1. The van der Waals surface area contributed by atoms with Gasteiger partial charge in [-0.25, -0.2) is 4.79 Å². The Morgan fingerprint density at radius 1 is 0.931 bits per heavy atom. The number of ether oxygens (including phenoxy) is 4. The normalized spacial score (nSPS) is 10.2. The maximum Gasteiger partial charge on any atom is 0.337 e. The Hall–Kier alpha value is -3.22. The third kappa shape index (κ3) is 5.63. The van der Waals surface area contributed by atoms with E-state index in [0.29, 0.717) is 35.9 Å². The summed E-state index contributed by atoms with van der Waals surface area (Å²) in [6, 6.07) is 10.5. The highest BCUT2D eigenvalue weighted by atomic mass is 16.5. The zero-order valence-electron chi connectivity index (χ0n) is 17.5. The van der Waals surface area contributed by atoms with Crippen molar-refractivity contribution in [1.82, 2.24) is 4.90 Å². The summed E-state index contributed by atoms with van der Waals surface area (Å²) in [5.74, 6) is 1.10. The molecule has 0 fully saturated rings. The molecule has 2 aromatic rings. The van der Waals surface area contributed by atoms with E-state index in [2.05, 4.69) is 0 Å². The van der Waals surface area contributed by atoms with Gasteiger partial charge in [-0.05, 0) is 49.2 Å². The van der Waals surface area contributed by atoms with Gasteiger partial charge < -0.3 is 23.8 Å². The van der Waals surface area contributed by atoms with Crippen molar-refractivity contribution in [2.75, 3.05) is 34.5 Å². The standard InChI is InChI=1S/C22H27NO6/c1-6-23(13-16-8-10-18(26-3)20(11-16)27-4)21(24)14-29-19-12-17(22(25)28-5)9-7-15(19)2/h7-12H,6,13-14H2,1-5H3. The molecule has 2 rings (SSSR count). The molecule has 2 aromatic carbocycles. The Bertz CT molecular complexity index is 864. The molecular formula is C22H27NO6. The van der Waals surface area contributed by atoms with E-state index >= 15 is 0 Å². The van der Waals surface area contributed by atoms with Gasteiger partial charge >= 0.3 is 5.97 Å². The molecule has 7 nitrogen and oxygen atoms in total. The van der Waals surface area contributed by atoms with Gasteiger partial charge in [0.1, 0.15) is 5.75 Å². The fraction of sp³-hybridized carbons (Fsp3) is 0.364. The number of esters is 1. The van der Waals surface area contributed by atoms with Gasteiger partial charge in [0.15, 0.2) is 18.1 Å². The first kappa shape index (κ1) is 22.1. The zero-order valence-corrected chi connectivity index (χ0v) is 17.5. The van der Waals surface area contributed by atoms with E-state index in [1.807, 2.05) is 32.0 Å². The minimum Gasteiger partial charge on any atom is -0.493 e. The van der Waals surface area contributed by atoms with E-state index in [1.54, 1.807) is 37.3 Å². The first-order valence-corrected chi connectivity index (χ1v) is 9.23. The Labute approximate surface area is 171 Å². The van der Waals surface area contributed by atoms with E-state index in [0.717, 1.165) is 11.1 Å². The molecule has 0 bridgehead atoms. The molecule has 0 aliphatic heterocycles. The first-order chi connectivity index (χ1) is 13.9. The van der Waals surface area contributed by atoms with Crippen molar-refractivity contribution >= 4 is 11.9 Å². The molecule has 0 atom stereocenters. The monoisotopic (exact) mass is 401 g/mol. The van der Waals surface area contributed by atoms with Crippen LogP contribution in [0, 0.1) is 6.92 Å². The minimum absolute atomic E-state index is 0.132. The Kier molecular flexibility index (Phi) is 7.88. The second-order valence-corrected chi connectivity index (χ2v) is 6.36. The van der Waals surface area contributed by atoms with Crippen molar-refractivity contribution in [2.45, 2.75) is 20.4 Å². The second kappa shape index (κ2) is 10.4. The average Bonchev–Trinajstić information content (AvgIpc) is 2.75. The van der Waals surface area contributed by atoms with Crippen LogP contribution < -0.4 is 14.2 Å². The number of carbonyl (C=O) groups is 2. The minimum atomic E-state index is -0.454. The Morgan fingerprint density at radius 3 is 2.28 bits per heavy atom. The van der Waals surface area contributed by atoms with Gasteiger partial charge in [-0.3, -0.25) is 4.79 Å². The molecule has 0 N–H and O–H groups in total. The molecule has 29 heavy (non-hydrogen) atoms. The lowest BCUT2D eigenvalue weighted by Crippen LogP contribution is -2.34.